The zero-order chi connectivity index (χ0) is 14.6. The highest BCUT2D eigenvalue weighted by Gasteiger charge is 2.23. The Morgan fingerprint density at radius 1 is 1.26 bits per heavy atom. The van der Waals surface area contributed by atoms with Crippen molar-refractivity contribution in [3.05, 3.63) is 29.3 Å². The third-order valence-corrected chi connectivity index (χ3v) is 3.52. The molecule has 0 aliphatic heterocycles. The van der Waals surface area contributed by atoms with Gasteiger partial charge in [0.25, 0.3) is 0 Å². The maximum atomic E-state index is 8.77. The van der Waals surface area contributed by atoms with Crippen molar-refractivity contribution in [1.82, 2.24) is 0 Å². The van der Waals surface area contributed by atoms with Crippen LogP contribution in [0.3, 0.4) is 0 Å². The average molecular weight is 263 g/mol. The minimum Gasteiger partial charge on any atom is -0.409 e. The van der Waals surface area contributed by atoms with Crippen molar-refractivity contribution < 1.29 is 5.21 Å². The first-order valence-corrected chi connectivity index (χ1v) is 6.53. The van der Waals surface area contributed by atoms with Crippen LogP contribution in [0, 0.1) is 19.3 Å². The van der Waals surface area contributed by atoms with Gasteiger partial charge in [-0.05, 0) is 43.5 Å². The van der Waals surface area contributed by atoms with Gasteiger partial charge in [-0.25, -0.2) is 0 Å². The number of anilines is 1. The molecule has 0 unspecified atom stereocenters. The standard InChI is InChI=1S/C15H25N3O/c1-11-8-12(2)10-13(9-11)18(5)7-6-15(3,4)14(16)17-19/h8-10,19H,6-7H2,1-5H3,(H2,16,17). The number of hydrogen-bond acceptors (Lipinski definition) is 3. The van der Waals surface area contributed by atoms with E-state index in [1.165, 1.54) is 16.8 Å². The van der Waals surface area contributed by atoms with E-state index in [0.29, 0.717) is 0 Å². The van der Waals surface area contributed by atoms with Gasteiger partial charge in [0.15, 0.2) is 0 Å². The van der Waals surface area contributed by atoms with E-state index in [2.05, 4.69) is 49.1 Å². The lowest BCUT2D eigenvalue weighted by Gasteiger charge is -2.27. The van der Waals surface area contributed by atoms with Crippen molar-refractivity contribution in [2.24, 2.45) is 16.3 Å². The molecule has 0 atom stereocenters. The van der Waals surface area contributed by atoms with Crippen LogP contribution in [0.5, 0.6) is 0 Å². The molecule has 0 saturated heterocycles. The highest BCUT2D eigenvalue weighted by Crippen LogP contribution is 2.23. The summed E-state index contributed by atoms with van der Waals surface area (Å²) in [6, 6.07) is 6.50. The molecule has 106 valence electrons. The van der Waals surface area contributed by atoms with E-state index in [1.807, 2.05) is 13.8 Å². The fourth-order valence-corrected chi connectivity index (χ4v) is 2.01. The molecular formula is C15H25N3O. The van der Waals surface area contributed by atoms with Crippen molar-refractivity contribution >= 4 is 11.5 Å². The molecule has 4 heteroatoms. The quantitative estimate of drug-likeness (QED) is 0.371. The summed E-state index contributed by atoms with van der Waals surface area (Å²) in [5.74, 6) is 0.279. The molecule has 0 amide bonds. The molecule has 4 nitrogen and oxygen atoms in total. The summed E-state index contributed by atoms with van der Waals surface area (Å²) in [7, 11) is 2.07. The Balaban J connectivity index is 2.73. The van der Waals surface area contributed by atoms with Gasteiger partial charge in [-0.2, -0.15) is 0 Å². The molecule has 1 rings (SSSR count). The molecule has 0 radical (unpaired) electrons. The second-order valence-corrected chi connectivity index (χ2v) is 5.89. The first-order chi connectivity index (χ1) is 8.76. The number of nitrogens with zero attached hydrogens (tertiary/aromatic N) is 2. The normalized spacial score (nSPS) is 12.6. The minimum absolute atomic E-state index is 0.279. The van der Waals surface area contributed by atoms with Crippen LogP contribution in [0.1, 0.15) is 31.4 Å². The van der Waals surface area contributed by atoms with Gasteiger partial charge < -0.3 is 15.8 Å². The Kier molecular flexibility index (Phi) is 4.81. The highest BCUT2D eigenvalue weighted by molar-refractivity contribution is 5.85. The molecule has 0 fully saturated rings. The second-order valence-electron chi connectivity index (χ2n) is 5.89. The number of oxime groups is 1. The van der Waals surface area contributed by atoms with E-state index < -0.39 is 0 Å². The Morgan fingerprint density at radius 2 is 1.79 bits per heavy atom. The van der Waals surface area contributed by atoms with Crippen LogP contribution in [-0.4, -0.2) is 24.6 Å². The van der Waals surface area contributed by atoms with Gasteiger partial charge in [-0.15, -0.1) is 0 Å². The van der Waals surface area contributed by atoms with E-state index in [9.17, 15) is 0 Å². The molecule has 0 saturated carbocycles. The van der Waals surface area contributed by atoms with Crippen LogP contribution in [0.15, 0.2) is 23.4 Å². The van der Waals surface area contributed by atoms with E-state index in [4.69, 9.17) is 10.9 Å². The van der Waals surface area contributed by atoms with Gasteiger partial charge in [-0.3, -0.25) is 0 Å². The van der Waals surface area contributed by atoms with Crippen LogP contribution in [0.2, 0.25) is 0 Å². The van der Waals surface area contributed by atoms with E-state index >= 15 is 0 Å². The van der Waals surface area contributed by atoms with Gasteiger partial charge in [0, 0.05) is 24.7 Å². The minimum atomic E-state index is -0.304. The summed E-state index contributed by atoms with van der Waals surface area (Å²) in [5.41, 5.74) is 9.13. The van der Waals surface area contributed by atoms with Gasteiger partial charge in [0.1, 0.15) is 5.84 Å². The predicted molar refractivity (Wildman–Crippen MR) is 81.0 cm³/mol. The van der Waals surface area contributed by atoms with Crippen LogP contribution in [0.4, 0.5) is 5.69 Å². The summed E-state index contributed by atoms with van der Waals surface area (Å²) in [6.07, 6.45) is 0.826. The van der Waals surface area contributed by atoms with Crippen molar-refractivity contribution in [1.29, 1.82) is 0 Å². The van der Waals surface area contributed by atoms with Crippen LogP contribution in [-0.2, 0) is 0 Å². The Hall–Kier alpha value is -1.71. The van der Waals surface area contributed by atoms with E-state index in [1.54, 1.807) is 0 Å². The largest absolute Gasteiger partial charge is 0.409 e. The molecule has 0 aliphatic rings. The van der Waals surface area contributed by atoms with Crippen molar-refractivity contribution in [3.8, 4) is 0 Å². The molecule has 3 N–H and O–H groups in total. The number of benzene rings is 1. The third-order valence-electron chi connectivity index (χ3n) is 3.52. The molecule has 0 spiro atoms. The highest BCUT2D eigenvalue weighted by atomic mass is 16.4. The number of nitrogens with two attached hydrogens (primary N) is 1. The maximum Gasteiger partial charge on any atom is 0.144 e. The molecular weight excluding hydrogens is 238 g/mol. The van der Waals surface area contributed by atoms with Crippen LogP contribution in [0.25, 0.3) is 0 Å². The Bertz CT molecular complexity index is 446. The summed E-state index contributed by atoms with van der Waals surface area (Å²) in [4.78, 5) is 2.20. The lowest BCUT2D eigenvalue weighted by atomic mass is 9.88. The topological polar surface area (TPSA) is 61.8 Å². The molecule has 0 heterocycles. The van der Waals surface area contributed by atoms with Gasteiger partial charge in [-0.1, -0.05) is 25.1 Å². The first kappa shape index (κ1) is 15.3. The zero-order valence-corrected chi connectivity index (χ0v) is 12.6. The lowest BCUT2D eigenvalue weighted by Crippen LogP contribution is -2.35. The Morgan fingerprint density at radius 3 is 2.26 bits per heavy atom. The summed E-state index contributed by atoms with van der Waals surface area (Å²) in [5, 5.41) is 11.9. The van der Waals surface area contributed by atoms with E-state index in [-0.39, 0.29) is 11.3 Å². The molecule has 0 aromatic heterocycles. The average Bonchev–Trinajstić information content (AvgIpc) is 2.33. The maximum absolute atomic E-state index is 8.77. The molecule has 19 heavy (non-hydrogen) atoms. The van der Waals surface area contributed by atoms with Gasteiger partial charge in [0.2, 0.25) is 0 Å². The predicted octanol–water partition coefficient (Wildman–Crippen LogP) is 2.90. The SMILES string of the molecule is Cc1cc(C)cc(N(C)CCC(C)(C)C(N)=NO)c1. The van der Waals surface area contributed by atoms with Gasteiger partial charge in [0.05, 0.1) is 0 Å². The molecule has 0 bridgehead atoms. The fourth-order valence-electron chi connectivity index (χ4n) is 2.01. The third kappa shape index (κ3) is 4.16. The van der Waals surface area contributed by atoms with Crippen molar-refractivity contribution in [2.45, 2.75) is 34.1 Å². The second kappa shape index (κ2) is 5.95. The summed E-state index contributed by atoms with van der Waals surface area (Å²) in [6.45, 7) is 9.02. The van der Waals surface area contributed by atoms with Crippen molar-refractivity contribution in [3.63, 3.8) is 0 Å². The lowest BCUT2D eigenvalue weighted by molar-refractivity contribution is 0.306. The molecule has 1 aromatic rings. The number of hydrogen-bond donors (Lipinski definition) is 2. The molecule has 0 aliphatic carbocycles. The van der Waals surface area contributed by atoms with Crippen LogP contribution >= 0.6 is 0 Å². The monoisotopic (exact) mass is 263 g/mol. The molecule has 1 aromatic carbocycles. The number of aryl methyl sites for hydroxylation is 2. The smallest absolute Gasteiger partial charge is 0.144 e. The summed E-state index contributed by atoms with van der Waals surface area (Å²) < 4.78 is 0. The fraction of sp³-hybridized carbons (Fsp3) is 0.533. The summed E-state index contributed by atoms with van der Waals surface area (Å²) >= 11 is 0. The first-order valence-electron chi connectivity index (χ1n) is 6.53. The zero-order valence-electron chi connectivity index (χ0n) is 12.6. The number of amidine groups is 1. The van der Waals surface area contributed by atoms with Crippen molar-refractivity contribution in [2.75, 3.05) is 18.5 Å². The van der Waals surface area contributed by atoms with Crippen LogP contribution < -0.4 is 10.6 Å². The number of rotatable bonds is 5. The van der Waals surface area contributed by atoms with Gasteiger partial charge >= 0.3 is 0 Å². The Labute approximate surface area is 115 Å². The van der Waals surface area contributed by atoms with E-state index in [0.717, 1.165) is 13.0 Å².